The maximum atomic E-state index is 2.37. The molecule has 0 bridgehead atoms. The average Bonchev–Trinajstić information content (AvgIpc) is 3.13. The smallest absolute Gasteiger partial charge is 0.0540 e. The summed E-state index contributed by atoms with van der Waals surface area (Å²) in [5, 5.41) is 2.46. The van der Waals surface area contributed by atoms with E-state index in [9.17, 15) is 0 Å². The summed E-state index contributed by atoms with van der Waals surface area (Å²) < 4.78 is 0. The fourth-order valence-corrected chi connectivity index (χ4v) is 6.44. The van der Waals surface area contributed by atoms with Gasteiger partial charge in [0.2, 0.25) is 0 Å². The lowest BCUT2D eigenvalue weighted by molar-refractivity contribution is 0.590. The Labute approximate surface area is 297 Å². The first-order chi connectivity index (χ1) is 24.2. The van der Waals surface area contributed by atoms with Crippen molar-refractivity contribution in [2.24, 2.45) is 0 Å². The van der Waals surface area contributed by atoms with E-state index in [-0.39, 0.29) is 5.41 Å². The van der Waals surface area contributed by atoms with Crippen LogP contribution in [0, 0.1) is 13.8 Å². The normalized spacial score (nSPS) is 11.6. The molecule has 0 radical (unpaired) electrons. The minimum absolute atomic E-state index is 0.0959. The molecule has 0 saturated heterocycles. The summed E-state index contributed by atoms with van der Waals surface area (Å²) in [6.45, 7) is 11.0. The predicted octanol–water partition coefficient (Wildman–Crippen LogP) is 13.9. The highest BCUT2D eigenvalue weighted by Gasteiger charge is 2.18. The van der Waals surface area contributed by atoms with Crippen LogP contribution in [-0.2, 0) is 5.41 Å². The lowest BCUT2D eigenvalue weighted by Crippen LogP contribution is -2.13. The number of aryl methyl sites for hydroxylation is 2. The molecule has 0 aliphatic carbocycles. The summed E-state index contributed by atoms with van der Waals surface area (Å²) in [4.78, 5) is 4.68. The molecule has 0 N–H and O–H groups in total. The highest BCUT2D eigenvalue weighted by molar-refractivity contribution is 5.99. The highest BCUT2D eigenvalue weighted by Crippen LogP contribution is 2.40. The molecule has 0 spiro atoms. The maximum absolute atomic E-state index is 2.37. The molecular formula is C48H44N2. The van der Waals surface area contributed by atoms with E-state index in [0.717, 1.165) is 39.6 Å². The van der Waals surface area contributed by atoms with Gasteiger partial charge in [0.1, 0.15) is 0 Å². The molecule has 2 heteroatoms. The molecule has 0 saturated carbocycles. The lowest BCUT2D eigenvalue weighted by Gasteiger charge is -2.28. The molecule has 7 rings (SSSR count). The second-order valence-electron chi connectivity index (χ2n) is 14.2. The fraction of sp³-hybridized carbons (Fsp3) is 0.125. The van der Waals surface area contributed by atoms with Crippen molar-refractivity contribution in [2.45, 2.75) is 40.0 Å². The summed E-state index contributed by atoms with van der Waals surface area (Å²) in [6.07, 6.45) is 4.38. The molecule has 7 aromatic rings. The van der Waals surface area contributed by atoms with Crippen LogP contribution < -0.4 is 9.80 Å². The van der Waals surface area contributed by atoms with Crippen molar-refractivity contribution < 1.29 is 0 Å². The van der Waals surface area contributed by atoms with E-state index >= 15 is 0 Å². The molecular weight excluding hydrogens is 605 g/mol. The van der Waals surface area contributed by atoms with Crippen molar-refractivity contribution >= 4 is 57.0 Å². The minimum Gasteiger partial charge on any atom is -0.311 e. The molecule has 0 atom stereocenters. The SMILES string of the molecule is Cc1ccc(N(c2ccc(C)cc2)c2ccc(/C=C/c3ccc(N(c4ccc(C(C)(C)C)cc4)c4cccc5ccccc45)cc3)cc2)cc1. The zero-order chi connectivity index (χ0) is 34.7. The number of rotatable bonds is 8. The standard InChI is InChI=1S/C48H44N2/c1-35-13-25-41(26-14-35)49(42-27-15-36(2)16-28-42)43-29-19-37(20-30-43)17-18-38-21-31-44(32-22-38)50(45-33-23-40(24-34-45)48(3,4)5)47-12-8-10-39-9-6-7-11-46(39)47/h6-34H,1-5H3/b18-17+. The number of benzene rings is 7. The van der Waals surface area contributed by atoms with Crippen molar-refractivity contribution in [2.75, 3.05) is 9.80 Å². The van der Waals surface area contributed by atoms with Crippen LogP contribution in [-0.4, -0.2) is 0 Å². The highest BCUT2D eigenvalue weighted by atomic mass is 15.1. The van der Waals surface area contributed by atoms with Gasteiger partial charge in [-0.05, 0) is 108 Å². The van der Waals surface area contributed by atoms with Gasteiger partial charge in [-0.25, -0.2) is 0 Å². The number of hydrogen-bond donors (Lipinski definition) is 0. The van der Waals surface area contributed by atoms with Crippen molar-refractivity contribution in [3.05, 3.63) is 192 Å². The van der Waals surface area contributed by atoms with Gasteiger partial charge in [-0.3, -0.25) is 0 Å². The first-order valence-corrected chi connectivity index (χ1v) is 17.4. The Morgan fingerprint density at radius 3 is 1.28 bits per heavy atom. The third-order valence-electron chi connectivity index (χ3n) is 9.35. The van der Waals surface area contributed by atoms with Crippen LogP contribution in [0.5, 0.6) is 0 Å². The summed E-state index contributed by atoms with van der Waals surface area (Å²) in [7, 11) is 0. The molecule has 0 heterocycles. The fourth-order valence-electron chi connectivity index (χ4n) is 6.44. The summed E-state index contributed by atoms with van der Waals surface area (Å²) in [5.41, 5.74) is 13.1. The number of nitrogens with zero attached hydrogens (tertiary/aromatic N) is 2. The van der Waals surface area contributed by atoms with Crippen LogP contribution in [0.15, 0.2) is 164 Å². The van der Waals surface area contributed by atoms with Crippen molar-refractivity contribution in [1.29, 1.82) is 0 Å². The molecule has 0 unspecified atom stereocenters. The molecule has 50 heavy (non-hydrogen) atoms. The maximum Gasteiger partial charge on any atom is 0.0540 e. The Hall–Kier alpha value is -5.86. The molecule has 0 aromatic heterocycles. The summed E-state index contributed by atoms with van der Waals surface area (Å²) in [5.74, 6) is 0. The van der Waals surface area contributed by atoms with Crippen molar-refractivity contribution in [3.63, 3.8) is 0 Å². The Morgan fingerprint density at radius 1 is 0.400 bits per heavy atom. The Kier molecular flexibility index (Phi) is 9.11. The van der Waals surface area contributed by atoms with Crippen LogP contribution in [0.1, 0.15) is 48.6 Å². The van der Waals surface area contributed by atoms with Crippen LogP contribution in [0.3, 0.4) is 0 Å². The number of anilines is 6. The molecule has 7 aromatic carbocycles. The Balaban J connectivity index is 1.16. The van der Waals surface area contributed by atoms with E-state index in [1.54, 1.807) is 0 Å². The van der Waals surface area contributed by atoms with Gasteiger partial charge in [0.05, 0.1) is 5.69 Å². The van der Waals surface area contributed by atoms with Gasteiger partial charge in [0.15, 0.2) is 0 Å². The van der Waals surface area contributed by atoms with E-state index in [1.807, 2.05) is 0 Å². The molecule has 0 aliphatic rings. The summed E-state index contributed by atoms with van der Waals surface area (Å²) in [6, 6.07) is 59.3. The molecule has 0 fully saturated rings. The van der Waals surface area contributed by atoms with Gasteiger partial charge >= 0.3 is 0 Å². The van der Waals surface area contributed by atoms with E-state index < -0.39 is 0 Å². The van der Waals surface area contributed by atoms with Crippen molar-refractivity contribution in [3.8, 4) is 0 Å². The monoisotopic (exact) mass is 648 g/mol. The van der Waals surface area contributed by atoms with Gasteiger partial charge in [-0.15, -0.1) is 0 Å². The number of hydrogen-bond acceptors (Lipinski definition) is 2. The molecule has 0 amide bonds. The van der Waals surface area contributed by atoms with Crippen LogP contribution in [0.2, 0.25) is 0 Å². The third kappa shape index (κ3) is 7.11. The molecule has 0 aliphatic heterocycles. The quantitative estimate of drug-likeness (QED) is 0.151. The first-order valence-electron chi connectivity index (χ1n) is 17.4. The number of fused-ring (bicyclic) bond motifs is 1. The Bertz CT molecular complexity index is 2170. The minimum atomic E-state index is 0.0959. The second kappa shape index (κ2) is 13.9. The van der Waals surface area contributed by atoms with Crippen LogP contribution >= 0.6 is 0 Å². The summed E-state index contributed by atoms with van der Waals surface area (Å²) >= 11 is 0. The predicted molar refractivity (Wildman–Crippen MR) is 217 cm³/mol. The van der Waals surface area contributed by atoms with E-state index in [1.165, 1.54) is 33.2 Å². The van der Waals surface area contributed by atoms with Crippen LogP contribution in [0.4, 0.5) is 34.1 Å². The van der Waals surface area contributed by atoms with Gasteiger partial charge in [0, 0.05) is 33.8 Å². The van der Waals surface area contributed by atoms with Crippen LogP contribution in [0.25, 0.3) is 22.9 Å². The van der Waals surface area contributed by atoms with Gasteiger partial charge in [-0.2, -0.15) is 0 Å². The van der Waals surface area contributed by atoms with Crippen molar-refractivity contribution in [1.82, 2.24) is 0 Å². The zero-order valence-corrected chi connectivity index (χ0v) is 29.6. The average molecular weight is 649 g/mol. The Morgan fingerprint density at radius 2 is 0.800 bits per heavy atom. The largest absolute Gasteiger partial charge is 0.311 e. The first kappa shape index (κ1) is 32.7. The molecule has 246 valence electrons. The van der Waals surface area contributed by atoms with E-state index in [0.29, 0.717) is 0 Å². The molecule has 2 nitrogen and oxygen atoms in total. The zero-order valence-electron chi connectivity index (χ0n) is 29.6. The second-order valence-corrected chi connectivity index (χ2v) is 14.2. The third-order valence-corrected chi connectivity index (χ3v) is 9.35. The topological polar surface area (TPSA) is 6.48 Å². The van der Waals surface area contributed by atoms with E-state index in [2.05, 4.69) is 220 Å². The van der Waals surface area contributed by atoms with Gasteiger partial charge in [0.25, 0.3) is 0 Å². The van der Waals surface area contributed by atoms with Gasteiger partial charge in [-0.1, -0.05) is 141 Å². The van der Waals surface area contributed by atoms with E-state index in [4.69, 9.17) is 0 Å². The lowest BCUT2D eigenvalue weighted by atomic mass is 9.87. The van der Waals surface area contributed by atoms with Gasteiger partial charge < -0.3 is 9.80 Å².